The molecule has 0 saturated heterocycles. The number of aryl methyl sites for hydroxylation is 3. The van der Waals surface area contributed by atoms with Crippen molar-refractivity contribution in [2.24, 2.45) is 5.92 Å². The minimum Gasteiger partial charge on any atom is -0.300 e. The Labute approximate surface area is 203 Å². The molecule has 34 heavy (non-hydrogen) atoms. The van der Waals surface area contributed by atoms with Crippen LogP contribution in [0.15, 0.2) is 48.8 Å². The molecule has 1 fully saturated rings. The van der Waals surface area contributed by atoms with Crippen LogP contribution in [-0.2, 0) is 20.8 Å². The molecule has 4 rings (SSSR count). The number of carbonyl (C=O) groups excluding carboxylic acids is 3. The van der Waals surface area contributed by atoms with E-state index in [0.717, 1.165) is 27.9 Å². The molecule has 6 nitrogen and oxygen atoms in total. The molecule has 1 aliphatic carbocycles. The molecule has 2 aromatic carbocycles. The molecule has 3 aromatic rings. The summed E-state index contributed by atoms with van der Waals surface area (Å²) < 4.78 is 1.65. The second-order valence-electron chi connectivity index (χ2n) is 8.85. The second-order valence-corrected chi connectivity index (χ2v) is 9.29. The van der Waals surface area contributed by atoms with E-state index in [9.17, 15) is 14.4 Å². The third-order valence-corrected chi connectivity index (χ3v) is 6.58. The van der Waals surface area contributed by atoms with Gasteiger partial charge in [0.25, 0.3) is 0 Å². The zero-order chi connectivity index (χ0) is 24.4. The number of nitrogens with zero attached hydrogens (tertiary/aromatic N) is 3. The first-order valence-electron chi connectivity index (χ1n) is 11.2. The Morgan fingerprint density at radius 1 is 1.18 bits per heavy atom. The first-order valence-corrected chi connectivity index (χ1v) is 11.5. The van der Waals surface area contributed by atoms with Crippen LogP contribution in [0.5, 0.6) is 0 Å². The molecule has 1 heterocycles. The summed E-state index contributed by atoms with van der Waals surface area (Å²) in [5.41, 5.74) is 4.73. The topological polar surface area (TPSA) is 92.8 Å². The smallest absolute Gasteiger partial charge is 0.151 e. The third kappa shape index (κ3) is 4.85. The molecule has 0 spiro atoms. The average molecular weight is 474 g/mol. The first-order chi connectivity index (χ1) is 16.3. The Morgan fingerprint density at radius 2 is 1.85 bits per heavy atom. The van der Waals surface area contributed by atoms with Crippen LogP contribution in [0.2, 0.25) is 5.02 Å². The molecule has 1 aliphatic rings. The number of nitriles is 1. The van der Waals surface area contributed by atoms with Crippen molar-refractivity contribution in [3.8, 4) is 11.8 Å². The maximum atomic E-state index is 13.2. The summed E-state index contributed by atoms with van der Waals surface area (Å²) in [6, 6.07) is 13.0. The van der Waals surface area contributed by atoms with Gasteiger partial charge in [-0.05, 0) is 66.8 Å². The fraction of sp³-hybridized carbons (Fsp3) is 0.296. The number of hydrogen-bond acceptors (Lipinski definition) is 5. The number of halogens is 1. The number of benzene rings is 2. The summed E-state index contributed by atoms with van der Waals surface area (Å²) in [6.07, 6.45) is 4.27. The summed E-state index contributed by atoms with van der Waals surface area (Å²) in [6.45, 7) is 3.77. The van der Waals surface area contributed by atoms with Crippen molar-refractivity contribution in [3.05, 3.63) is 81.6 Å². The van der Waals surface area contributed by atoms with Crippen molar-refractivity contribution in [1.29, 1.82) is 5.26 Å². The monoisotopic (exact) mass is 473 g/mol. The molecule has 1 saturated carbocycles. The average Bonchev–Trinajstić information content (AvgIpc) is 3.36. The molecule has 172 valence electrons. The molecule has 7 heteroatoms. The van der Waals surface area contributed by atoms with Gasteiger partial charge in [-0.15, -0.1) is 0 Å². The normalized spacial score (nSPS) is 17.7. The Hall–Kier alpha value is -3.56. The molecular formula is C27H24ClN3O3. The van der Waals surface area contributed by atoms with Crippen molar-refractivity contribution < 1.29 is 14.4 Å². The second kappa shape index (κ2) is 9.74. The maximum absolute atomic E-state index is 13.2. The Balaban J connectivity index is 1.45. The Kier molecular flexibility index (Phi) is 6.76. The Bertz CT molecular complexity index is 1290. The molecule has 0 bridgehead atoms. The van der Waals surface area contributed by atoms with Crippen LogP contribution >= 0.6 is 11.6 Å². The Morgan fingerprint density at radius 3 is 2.44 bits per heavy atom. The van der Waals surface area contributed by atoms with Crippen LogP contribution in [0.25, 0.3) is 5.69 Å². The molecule has 0 N–H and O–H groups in total. The highest BCUT2D eigenvalue weighted by molar-refractivity contribution is 6.30. The van der Waals surface area contributed by atoms with E-state index >= 15 is 0 Å². The zero-order valence-electron chi connectivity index (χ0n) is 19.0. The van der Waals surface area contributed by atoms with E-state index in [-0.39, 0.29) is 30.2 Å². The van der Waals surface area contributed by atoms with Gasteiger partial charge in [-0.2, -0.15) is 10.4 Å². The highest BCUT2D eigenvalue weighted by atomic mass is 35.5. The van der Waals surface area contributed by atoms with Crippen LogP contribution in [0.1, 0.15) is 53.0 Å². The van der Waals surface area contributed by atoms with Gasteiger partial charge in [-0.3, -0.25) is 14.4 Å². The lowest BCUT2D eigenvalue weighted by molar-refractivity contribution is -0.127. The predicted molar refractivity (Wildman–Crippen MR) is 128 cm³/mol. The van der Waals surface area contributed by atoms with Gasteiger partial charge in [0.15, 0.2) is 5.78 Å². The third-order valence-electron chi connectivity index (χ3n) is 6.39. The zero-order valence-corrected chi connectivity index (χ0v) is 19.8. The van der Waals surface area contributed by atoms with Crippen LogP contribution < -0.4 is 0 Å². The van der Waals surface area contributed by atoms with Crippen molar-refractivity contribution in [2.45, 2.75) is 45.4 Å². The van der Waals surface area contributed by atoms with Crippen molar-refractivity contribution in [2.75, 3.05) is 0 Å². The van der Waals surface area contributed by atoms with Crippen LogP contribution in [-0.4, -0.2) is 27.1 Å². The number of Topliss-reactive ketones (excluding diaryl/α,β-unsaturated/α-hetero) is 3. The number of carbonyl (C=O) groups is 3. The summed E-state index contributed by atoms with van der Waals surface area (Å²) in [4.78, 5) is 38.7. The summed E-state index contributed by atoms with van der Waals surface area (Å²) in [7, 11) is 0. The van der Waals surface area contributed by atoms with Crippen LogP contribution in [0.4, 0.5) is 0 Å². The van der Waals surface area contributed by atoms with Crippen molar-refractivity contribution >= 4 is 29.0 Å². The SMILES string of the molecule is Cc1cc(-n2cc(Cl)cn2)cc(C)c1C1C(=O)CC(CC(=O)CCc2ccc(C#N)cc2)C1=O. The van der Waals surface area contributed by atoms with E-state index < -0.39 is 11.8 Å². The predicted octanol–water partition coefficient (Wildman–Crippen LogP) is 4.85. The molecule has 0 radical (unpaired) electrons. The van der Waals surface area contributed by atoms with Gasteiger partial charge in [-0.1, -0.05) is 23.7 Å². The van der Waals surface area contributed by atoms with Gasteiger partial charge in [-0.25, -0.2) is 4.68 Å². The van der Waals surface area contributed by atoms with Gasteiger partial charge >= 0.3 is 0 Å². The minimum atomic E-state index is -0.827. The standard InChI is InChI=1S/C27H24ClN3O3/c1-16-9-22(31-15-21(28)14-30-31)10-17(2)25(16)26-24(33)12-20(27(26)34)11-23(32)8-7-18-3-5-19(13-29)6-4-18/h3-6,9-10,14-15,20,26H,7-8,11-12H2,1-2H3. The largest absolute Gasteiger partial charge is 0.300 e. The van der Waals surface area contributed by atoms with Crippen molar-refractivity contribution in [1.82, 2.24) is 9.78 Å². The lowest BCUT2D eigenvalue weighted by Gasteiger charge is -2.17. The summed E-state index contributed by atoms with van der Waals surface area (Å²) in [5.74, 6) is -1.73. The summed E-state index contributed by atoms with van der Waals surface area (Å²) >= 11 is 5.98. The lowest BCUT2D eigenvalue weighted by Crippen LogP contribution is -2.19. The quantitative estimate of drug-likeness (QED) is 0.457. The van der Waals surface area contributed by atoms with Gasteiger partial charge in [0.05, 0.1) is 28.5 Å². The lowest BCUT2D eigenvalue weighted by atomic mass is 9.86. The fourth-order valence-electron chi connectivity index (χ4n) is 4.72. The highest BCUT2D eigenvalue weighted by Gasteiger charge is 2.43. The van der Waals surface area contributed by atoms with E-state index in [1.165, 1.54) is 0 Å². The van der Waals surface area contributed by atoms with E-state index in [2.05, 4.69) is 11.2 Å². The van der Waals surface area contributed by atoms with Crippen LogP contribution in [0, 0.1) is 31.1 Å². The highest BCUT2D eigenvalue weighted by Crippen LogP contribution is 2.38. The van der Waals surface area contributed by atoms with Crippen molar-refractivity contribution in [3.63, 3.8) is 0 Å². The summed E-state index contributed by atoms with van der Waals surface area (Å²) in [5, 5.41) is 13.6. The maximum Gasteiger partial charge on any atom is 0.151 e. The minimum absolute atomic E-state index is 0.0319. The van der Waals surface area contributed by atoms with Gasteiger partial charge in [0.2, 0.25) is 0 Å². The molecule has 1 aromatic heterocycles. The van der Waals surface area contributed by atoms with E-state index in [0.29, 0.717) is 23.4 Å². The first kappa shape index (κ1) is 23.6. The van der Waals surface area contributed by atoms with E-state index in [1.54, 1.807) is 29.2 Å². The van der Waals surface area contributed by atoms with Gasteiger partial charge < -0.3 is 0 Å². The molecule has 0 aliphatic heterocycles. The van der Waals surface area contributed by atoms with Crippen LogP contribution in [0.3, 0.4) is 0 Å². The molecule has 0 amide bonds. The number of rotatable bonds is 7. The number of aromatic nitrogens is 2. The van der Waals surface area contributed by atoms with E-state index in [4.69, 9.17) is 16.9 Å². The van der Waals surface area contributed by atoms with Gasteiger partial charge in [0.1, 0.15) is 17.5 Å². The molecule has 2 atom stereocenters. The fourth-order valence-corrected chi connectivity index (χ4v) is 4.86. The van der Waals surface area contributed by atoms with Gasteiger partial charge in [0, 0.05) is 31.4 Å². The number of ketones is 3. The number of hydrogen-bond donors (Lipinski definition) is 0. The molecular weight excluding hydrogens is 450 g/mol. The molecule has 2 unspecified atom stereocenters. The van der Waals surface area contributed by atoms with E-state index in [1.807, 2.05) is 38.1 Å².